The fraction of sp³-hybridized carbons (Fsp3) is 0.235. The van der Waals surface area contributed by atoms with Crippen molar-refractivity contribution in [1.82, 2.24) is 0 Å². The maximum absolute atomic E-state index is 12.1. The highest BCUT2D eigenvalue weighted by atomic mass is 79.9. The van der Waals surface area contributed by atoms with E-state index >= 15 is 0 Å². The summed E-state index contributed by atoms with van der Waals surface area (Å²) in [5.41, 5.74) is 2.76. The number of aryl methyl sites for hydroxylation is 2. The van der Waals surface area contributed by atoms with E-state index in [1.165, 1.54) is 18.2 Å². The van der Waals surface area contributed by atoms with E-state index in [1.807, 2.05) is 13.8 Å². The van der Waals surface area contributed by atoms with Crippen LogP contribution in [0.15, 0.2) is 28.7 Å². The monoisotopic (exact) mass is 426 g/mol. The molecule has 0 radical (unpaired) electrons. The topological polar surface area (TPSA) is 81.5 Å². The number of carbonyl (C=O) groups excluding carboxylic acids is 1. The van der Waals surface area contributed by atoms with Crippen LogP contribution in [-0.4, -0.2) is 17.4 Å². The van der Waals surface area contributed by atoms with Gasteiger partial charge in [0.2, 0.25) is 0 Å². The lowest BCUT2D eigenvalue weighted by molar-refractivity contribution is -0.384. The summed E-state index contributed by atoms with van der Waals surface area (Å²) in [6.07, 6.45) is 0. The molecule has 0 spiro atoms. The minimum absolute atomic E-state index is 0.0252. The van der Waals surface area contributed by atoms with Crippen LogP contribution in [0.1, 0.15) is 16.7 Å². The van der Waals surface area contributed by atoms with Crippen LogP contribution in [0.2, 0.25) is 5.02 Å². The molecule has 0 aromatic heterocycles. The predicted molar refractivity (Wildman–Crippen MR) is 101 cm³/mol. The molecule has 1 N–H and O–H groups in total. The molecule has 1 amide bonds. The normalized spacial score (nSPS) is 10.4. The third kappa shape index (κ3) is 4.49. The molecule has 0 aliphatic heterocycles. The van der Waals surface area contributed by atoms with Gasteiger partial charge in [-0.15, -0.1) is 0 Å². The number of nitrogens with zero attached hydrogens (tertiary/aromatic N) is 1. The third-order valence-electron chi connectivity index (χ3n) is 3.62. The van der Waals surface area contributed by atoms with Gasteiger partial charge in [0.1, 0.15) is 5.75 Å². The SMILES string of the molecule is Cc1cc([N+](=O)[O-])ccc1NC(=O)COc1cc(C)c(Cl)c(C)c1Br. The zero-order valence-corrected chi connectivity index (χ0v) is 16.2. The fourth-order valence-corrected chi connectivity index (χ4v) is 2.93. The van der Waals surface area contributed by atoms with E-state index in [2.05, 4.69) is 21.2 Å². The Hall–Kier alpha value is -2.12. The van der Waals surface area contributed by atoms with Gasteiger partial charge in [0.15, 0.2) is 6.61 Å². The second kappa shape index (κ2) is 7.84. The Kier molecular flexibility index (Phi) is 6.02. The average Bonchev–Trinajstić information content (AvgIpc) is 2.56. The first-order valence-corrected chi connectivity index (χ1v) is 8.50. The number of halogens is 2. The zero-order chi connectivity index (χ0) is 18.7. The number of hydrogen-bond acceptors (Lipinski definition) is 4. The molecule has 0 heterocycles. The van der Waals surface area contributed by atoms with Gasteiger partial charge in [-0.3, -0.25) is 14.9 Å². The van der Waals surface area contributed by atoms with E-state index in [4.69, 9.17) is 16.3 Å². The number of carbonyl (C=O) groups is 1. The minimum atomic E-state index is -0.482. The molecule has 0 saturated carbocycles. The van der Waals surface area contributed by atoms with Gasteiger partial charge in [-0.1, -0.05) is 11.6 Å². The maximum Gasteiger partial charge on any atom is 0.269 e. The average molecular weight is 428 g/mol. The van der Waals surface area contributed by atoms with Crippen LogP contribution in [0.3, 0.4) is 0 Å². The number of nitrogens with one attached hydrogen (secondary N) is 1. The summed E-state index contributed by atoms with van der Waals surface area (Å²) in [7, 11) is 0. The van der Waals surface area contributed by atoms with Crippen LogP contribution >= 0.6 is 27.5 Å². The van der Waals surface area contributed by atoms with Gasteiger partial charge in [0, 0.05) is 22.8 Å². The quantitative estimate of drug-likeness (QED) is 0.540. The third-order valence-corrected chi connectivity index (χ3v) is 5.19. The molecule has 0 aliphatic carbocycles. The van der Waals surface area contributed by atoms with E-state index in [1.54, 1.807) is 13.0 Å². The van der Waals surface area contributed by atoms with Gasteiger partial charge in [-0.05, 0) is 65.5 Å². The van der Waals surface area contributed by atoms with E-state index < -0.39 is 4.92 Å². The first-order valence-electron chi connectivity index (χ1n) is 7.33. The summed E-state index contributed by atoms with van der Waals surface area (Å²) in [5, 5.41) is 14.1. The highest BCUT2D eigenvalue weighted by Crippen LogP contribution is 2.35. The predicted octanol–water partition coefficient (Wildman–Crippen LogP) is 4.95. The van der Waals surface area contributed by atoms with Crippen molar-refractivity contribution in [2.75, 3.05) is 11.9 Å². The summed E-state index contributed by atoms with van der Waals surface area (Å²) in [5.74, 6) is 0.157. The highest BCUT2D eigenvalue weighted by molar-refractivity contribution is 9.10. The summed E-state index contributed by atoms with van der Waals surface area (Å²) < 4.78 is 6.26. The van der Waals surface area contributed by atoms with Gasteiger partial charge in [0.25, 0.3) is 11.6 Å². The lowest BCUT2D eigenvalue weighted by Gasteiger charge is -2.13. The van der Waals surface area contributed by atoms with E-state index in [-0.39, 0.29) is 18.2 Å². The van der Waals surface area contributed by atoms with E-state index in [9.17, 15) is 14.9 Å². The number of nitro benzene ring substituents is 1. The molecule has 6 nitrogen and oxygen atoms in total. The summed E-state index contributed by atoms with van der Waals surface area (Å²) in [6.45, 7) is 5.20. The van der Waals surface area contributed by atoms with E-state index in [0.717, 1.165) is 11.1 Å². The van der Waals surface area contributed by atoms with Crippen LogP contribution in [0.5, 0.6) is 5.75 Å². The standard InChI is InChI=1S/C17H16BrClN2O4/c1-9-6-12(21(23)24)4-5-13(9)20-15(22)8-25-14-7-10(2)17(19)11(3)16(14)18/h4-7H,8H2,1-3H3,(H,20,22). The van der Waals surface area contributed by atoms with Crippen molar-refractivity contribution in [3.05, 3.63) is 60.6 Å². The molecule has 8 heteroatoms. The molecular formula is C17H16BrClN2O4. The molecule has 132 valence electrons. The van der Waals surface area contributed by atoms with E-state index in [0.29, 0.717) is 26.5 Å². The molecule has 0 bridgehead atoms. The largest absolute Gasteiger partial charge is 0.483 e. The Balaban J connectivity index is 2.06. The number of amides is 1. The van der Waals surface area contributed by atoms with Gasteiger partial charge in [-0.2, -0.15) is 0 Å². The van der Waals surface area contributed by atoms with Crippen molar-refractivity contribution in [3.8, 4) is 5.75 Å². The van der Waals surface area contributed by atoms with Gasteiger partial charge in [-0.25, -0.2) is 0 Å². The maximum atomic E-state index is 12.1. The zero-order valence-electron chi connectivity index (χ0n) is 13.9. The minimum Gasteiger partial charge on any atom is -0.483 e. The Labute approximate surface area is 158 Å². The van der Waals surface area contributed by atoms with Crippen LogP contribution in [0.25, 0.3) is 0 Å². The molecule has 0 aliphatic rings. The Morgan fingerprint density at radius 2 is 1.96 bits per heavy atom. The smallest absolute Gasteiger partial charge is 0.269 e. The Morgan fingerprint density at radius 3 is 2.56 bits per heavy atom. The van der Waals surface area contributed by atoms with Gasteiger partial charge < -0.3 is 10.1 Å². The number of non-ortho nitro benzene ring substituents is 1. The number of nitro groups is 1. The van der Waals surface area contributed by atoms with Crippen molar-refractivity contribution < 1.29 is 14.5 Å². The number of hydrogen-bond donors (Lipinski definition) is 1. The number of benzene rings is 2. The van der Waals surface area contributed by atoms with Crippen molar-refractivity contribution in [3.63, 3.8) is 0 Å². The molecule has 0 saturated heterocycles. The van der Waals surface area contributed by atoms with Crippen LogP contribution in [0, 0.1) is 30.9 Å². The second-order valence-electron chi connectivity index (χ2n) is 5.54. The van der Waals surface area contributed by atoms with Gasteiger partial charge >= 0.3 is 0 Å². The first kappa shape index (κ1) is 19.2. The molecule has 2 aromatic rings. The van der Waals surface area contributed by atoms with Crippen molar-refractivity contribution >= 4 is 44.8 Å². The Bertz CT molecular complexity index is 855. The first-order chi connectivity index (χ1) is 11.7. The van der Waals surface area contributed by atoms with Crippen molar-refractivity contribution in [1.29, 1.82) is 0 Å². The van der Waals surface area contributed by atoms with Crippen LogP contribution in [0.4, 0.5) is 11.4 Å². The lowest BCUT2D eigenvalue weighted by Crippen LogP contribution is -2.21. The number of rotatable bonds is 5. The highest BCUT2D eigenvalue weighted by Gasteiger charge is 2.14. The summed E-state index contributed by atoms with van der Waals surface area (Å²) >= 11 is 9.57. The molecule has 25 heavy (non-hydrogen) atoms. The van der Waals surface area contributed by atoms with Crippen molar-refractivity contribution in [2.24, 2.45) is 0 Å². The Morgan fingerprint density at radius 1 is 1.28 bits per heavy atom. The fourth-order valence-electron chi connectivity index (χ4n) is 2.24. The summed E-state index contributed by atoms with van der Waals surface area (Å²) in [6, 6.07) is 5.99. The number of anilines is 1. The molecule has 0 atom stereocenters. The summed E-state index contributed by atoms with van der Waals surface area (Å²) in [4.78, 5) is 22.4. The second-order valence-corrected chi connectivity index (χ2v) is 6.71. The molecule has 2 aromatic carbocycles. The molecule has 2 rings (SSSR count). The molecular weight excluding hydrogens is 412 g/mol. The van der Waals surface area contributed by atoms with Crippen molar-refractivity contribution in [2.45, 2.75) is 20.8 Å². The molecule has 0 unspecified atom stereocenters. The van der Waals surface area contributed by atoms with Gasteiger partial charge in [0.05, 0.1) is 9.40 Å². The van der Waals surface area contributed by atoms with Crippen LogP contribution < -0.4 is 10.1 Å². The molecule has 0 fully saturated rings. The number of ether oxygens (including phenoxy) is 1. The van der Waals surface area contributed by atoms with Crippen LogP contribution in [-0.2, 0) is 4.79 Å². The lowest BCUT2D eigenvalue weighted by atomic mass is 10.1.